The van der Waals surface area contributed by atoms with E-state index in [0.29, 0.717) is 11.9 Å². The zero-order valence-corrected chi connectivity index (χ0v) is 10.8. The van der Waals surface area contributed by atoms with Crippen LogP contribution in [0.5, 0.6) is 0 Å². The molecular weight excluding hydrogens is 266 g/mol. The van der Waals surface area contributed by atoms with Gasteiger partial charge in [0.1, 0.15) is 12.2 Å². The lowest BCUT2D eigenvalue weighted by Crippen LogP contribution is -2.54. The van der Waals surface area contributed by atoms with Crippen molar-refractivity contribution in [2.75, 3.05) is 18.5 Å². The highest BCUT2D eigenvalue weighted by atomic mass is 79.9. The van der Waals surface area contributed by atoms with Crippen molar-refractivity contribution in [1.29, 1.82) is 0 Å². The molecule has 0 radical (unpaired) electrons. The van der Waals surface area contributed by atoms with Gasteiger partial charge in [-0.1, -0.05) is 15.9 Å². The molecule has 5 nitrogen and oxygen atoms in total. The molecule has 0 saturated heterocycles. The molecule has 1 unspecified atom stereocenters. The molecule has 1 atom stereocenters. The van der Waals surface area contributed by atoms with Crippen LogP contribution in [0.4, 0.5) is 0 Å². The lowest BCUT2D eigenvalue weighted by Gasteiger charge is -2.26. The summed E-state index contributed by atoms with van der Waals surface area (Å²) in [5, 5.41) is 10.1. The number of halogens is 1. The smallest absolute Gasteiger partial charge is 0.356 e. The van der Waals surface area contributed by atoms with Gasteiger partial charge >= 0.3 is 5.97 Å². The second-order valence-corrected chi connectivity index (χ2v) is 4.96. The van der Waals surface area contributed by atoms with Gasteiger partial charge in [0.15, 0.2) is 0 Å². The molecule has 0 rings (SSSR count). The lowest BCUT2D eigenvalue weighted by molar-refractivity contribution is -0.182. The van der Waals surface area contributed by atoms with Crippen LogP contribution in [-0.4, -0.2) is 40.9 Å². The standard InChI is InChI=1S/C9H18BrNO4/c1-8(2,3)15-7(12)9(11,13)6-14-5-4-10/h13H,4-6,11H2,1-3H3. The van der Waals surface area contributed by atoms with Crippen LogP contribution in [0.15, 0.2) is 0 Å². The second-order valence-electron chi connectivity index (χ2n) is 4.17. The van der Waals surface area contributed by atoms with Gasteiger partial charge in [-0.15, -0.1) is 0 Å². The molecular formula is C9H18BrNO4. The highest BCUT2D eigenvalue weighted by molar-refractivity contribution is 9.09. The lowest BCUT2D eigenvalue weighted by atomic mass is 10.2. The SMILES string of the molecule is CC(C)(C)OC(=O)C(N)(O)COCCBr. The third-order valence-electron chi connectivity index (χ3n) is 1.30. The Hall–Kier alpha value is -0.170. The summed E-state index contributed by atoms with van der Waals surface area (Å²) in [5.41, 5.74) is 2.58. The molecule has 0 aliphatic carbocycles. The summed E-state index contributed by atoms with van der Waals surface area (Å²) < 4.78 is 9.89. The van der Waals surface area contributed by atoms with Gasteiger partial charge in [0.05, 0.1) is 6.61 Å². The molecule has 0 bridgehead atoms. The highest BCUT2D eigenvalue weighted by Crippen LogP contribution is 2.11. The Bertz CT molecular complexity index is 213. The first kappa shape index (κ1) is 14.8. The van der Waals surface area contributed by atoms with Gasteiger partial charge in [-0.3, -0.25) is 5.73 Å². The number of alkyl halides is 1. The van der Waals surface area contributed by atoms with E-state index < -0.39 is 17.3 Å². The van der Waals surface area contributed by atoms with Crippen LogP contribution >= 0.6 is 15.9 Å². The number of rotatable bonds is 5. The first-order chi connectivity index (χ1) is 6.69. The number of hydrogen-bond acceptors (Lipinski definition) is 5. The zero-order valence-electron chi connectivity index (χ0n) is 9.25. The Morgan fingerprint density at radius 1 is 1.47 bits per heavy atom. The summed E-state index contributed by atoms with van der Waals surface area (Å²) in [6, 6.07) is 0. The van der Waals surface area contributed by atoms with Crippen molar-refractivity contribution in [1.82, 2.24) is 0 Å². The largest absolute Gasteiger partial charge is 0.457 e. The average Bonchev–Trinajstić information content (AvgIpc) is 2.01. The number of carbonyl (C=O) groups is 1. The Labute approximate surface area is 98.0 Å². The first-order valence-corrected chi connectivity index (χ1v) is 5.69. The van der Waals surface area contributed by atoms with Crippen LogP contribution in [-0.2, 0) is 14.3 Å². The summed E-state index contributed by atoms with van der Waals surface area (Å²) in [4.78, 5) is 11.4. The topological polar surface area (TPSA) is 81.8 Å². The number of esters is 1. The molecule has 0 amide bonds. The van der Waals surface area contributed by atoms with E-state index in [-0.39, 0.29) is 6.61 Å². The van der Waals surface area contributed by atoms with Crippen molar-refractivity contribution in [3.63, 3.8) is 0 Å². The molecule has 0 spiro atoms. The molecule has 0 heterocycles. The fourth-order valence-corrected chi connectivity index (χ4v) is 0.937. The van der Waals surface area contributed by atoms with E-state index in [1.807, 2.05) is 0 Å². The van der Waals surface area contributed by atoms with Gasteiger partial charge in [-0.2, -0.15) is 0 Å². The van der Waals surface area contributed by atoms with Crippen LogP contribution in [0.2, 0.25) is 0 Å². The maximum atomic E-state index is 11.4. The molecule has 15 heavy (non-hydrogen) atoms. The molecule has 0 aromatic carbocycles. The number of nitrogens with two attached hydrogens (primary N) is 1. The van der Waals surface area contributed by atoms with Gasteiger partial charge in [-0.25, -0.2) is 4.79 Å². The van der Waals surface area contributed by atoms with Crippen molar-refractivity contribution >= 4 is 21.9 Å². The van der Waals surface area contributed by atoms with E-state index in [9.17, 15) is 9.90 Å². The van der Waals surface area contributed by atoms with E-state index in [0.717, 1.165) is 0 Å². The monoisotopic (exact) mass is 283 g/mol. The first-order valence-electron chi connectivity index (χ1n) is 4.57. The van der Waals surface area contributed by atoms with Crippen molar-refractivity contribution in [2.45, 2.75) is 32.1 Å². The van der Waals surface area contributed by atoms with Crippen molar-refractivity contribution in [3.8, 4) is 0 Å². The summed E-state index contributed by atoms with van der Waals surface area (Å²) in [7, 11) is 0. The minimum Gasteiger partial charge on any atom is -0.457 e. The normalized spacial score (nSPS) is 15.9. The zero-order chi connectivity index (χ0) is 12.1. The van der Waals surface area contributed by atoms with Gasteiger partial charge in [0.2, 0.25) is 5.72 Å². The maximum absolute atomic E-state index is 11.4. The van der Waals surface area contributed by atoms with E-state index in [2.05, 4.69) is 15.9 Å². The van der Waals surface area contributed by atoms with E-state index in [4.69, 9.17) is 15.2 Å². The Kier molecular flexibility index (Phi) is 5.72. The van der Waals surface area contributed by atoms with Gasteiger partial charge in [-0.05, 0) is 20.8 Å². The van der Waals surface area contributed by atoms with Crippen molar-refractivity contribution in [3.05, 3.63) is 0 Å². The number of aliphatic hydroxyl groups is 1. The fraction of sp³-hybridized carbons (Fsp3) is 0.889. The minimum absolute atomic E-state index is 0.284. The van der Waals surface area contributed by atoms with E-state index in [1.54, 1.807) is 20.8 Å². The van der Waals surface area contributed by atoms with Crippen molar-refractivity contribution in [2.24, 2.45) is 5.73 Å². The summed E-state index contributed by atoms with van der Waals surface area (Å²) in [6.07, 6.45) is 0. The van der Waals surface area contributed by atoms with Crippen LogP contribution < -0.4 is 5.73 Å². The van der Waals surface area contributed by atoms with E-state index in [1.165, 1.54) is 0 Å². The minimum atomic E-state index is -2.09. The van der Waals surface area contributed by atoms with Crippen LogP contribution in [0, 0.1) is 0 Å². The second kappa shape index (κ2) is 5.79. The summed E-state index contributed by atoms with van der Waals surface area (Å²) >= 11 is 3.14. The molecule has 90 valence electrons. The predicted molar refractivity (Wildman–Crippen MR) is 59.6 cm³/mol. The van der Waals surface area contributed by atoms with Gasteiger partial charge < -0.3 is 14.6 Å². The molecule has 0 aliphatic heterocycles. The molecule has 0 fully saturated rings. The fourth-order valence-electron chi connectivity index (χ4n) is 0.708. The van der Waals surface area contributed by atoms with E-state index >= 15 is 0 Å². The Morgan fingerprint density at radius 3 is 2.40 bits per heavy atom. The number of ether oxygens (including phenoxy) is 2. The van der Waals surface area contributed by atoms with Crippen LogP contribution in [0.25, 0.3) is 0 Å². The number of hydrogen-bond donors (Lipinski definition) is 2. The Morgan fingerprint density at radius 2 is 2.00 bits per heavy atom. The Balaban J connectivity index is 4.14. The molecule has 0 aromatic heterocycles. The summed E-state index contributed by atoms with van der Waals surface area (Å²) in [6.45, 7) is 5.16. The highest BCUT2D eigenvalue weighted by Gasteiger charge is 2.36. The van der Waals surface area contributed by atoms with Gasteiger partial charge in [0, 0.05) is 5.33 Å². The third-order valence-corrected chi connectivity index (χ3v) is 1.62. The average molecular weight is 284 g/mol. The summed E-state index contributed by atoms with van der Waals surface area (Å²) in [5.74, 6) is -0.885. The predicted octanol–water partition coefficient (Wildman–Crippen LogP) is 0.387. The van der Waals surface area contributed by atoms with Crippen LogP contribution in [0.3, 0.4) is 0 Å². The van der Waals surface area contributed by atoms with Crippen LogP contribution in [0.1, 0.15) is 20.8 Å². The molecule has 6 heteroatoms. The van der Waals surface area contributed by atoms with Crippen molar-refractivity contribution < 1.29 is 19.4 Å². The molecule has 0 saturated carbocycles. The molecule has 3 N–H and O–H groups in total. The third kappa shape index (κ3) is 6.83. The van der Waals surface area contributed by atoms with Gasteiger partial charge in [0.25, 0.3) is 0 Å². The quantitative estimate of drug-likeness (QED) is 0.330. The number of carbonyl (C=O) groups excluding carboxylic acids is 1. The molecule has 0 aromatic rings. The molecule has 0 aliphatic rings. The maximum Gasteiger partial charge on any atom is 0.356 e.